The molecule has 4 aromatic rings. The third-order valence-electron chi connectivity index (χ3n) is 4.09. The number of nitrogens with zero attached hydrogens (tertiary/aromatic N) is 1. The fourth-order valence-electron chi connectivity index (χ4n) is 2.81. The van der Waals surface area contributed by atoms with Gasteiger partial charge in [-0.1, -0.05) is 93.7 Å². The van der Waals surface area contributed by atoms with Gasteiger partial charge in [0.25, 0.3) is 0 Å². The van der Waals surface area contributed by atoms with Gasteiger partial charge in [0, 0.05) is 21.2 Å². The third kappa shape index (κ3) is 3.30. The zero-order chi connectivity index (χ0) is 18.1. The van der Waals surface area contributed by atoms with Gasteiger partial charge in [-0.3, -0.25) is 0 Å². The number of imidazole rings is 1. The van der Waals surface area contributed by atoms with Crippen molar-refractivity contribution < 1.29 is 0 Å². The molecule has 2 nitrogen and oxygen atoms in total. The van der Waals surface area contributed by atoms with Crippen molar-refractivity contribution in [3.05, 3.63) is 87.3 Å². The summed E-state index contributed by atoms with van der Waals surface area (Å²) in [6.07, 6.45) is 0. The molecule has 0 spiro atoms. The van der Waals surface area contributed by atoms with Crippen molar-refractivity contribution in [1.29, 1.82) is 0 Å². The van der Waals surface area contributed by atoms with Crippen molar-refractivity contribution in [2.45, 2.75) is 0 Å². The minimum atomic E-state index is 0.511. The zero-order valence-corrected chi connectivity index (χ0v) is 16.6. The molecule has 1 N–H and O–H groups in total. The highest BCUT2D eigenvalue weighted by atomic mass is 79.9. The second kappa shape index (κ2) is 7.28. The summed E-state index contributed by atoms with van der Waals surface area (Å²) in [4.78, 5) is 8.29. The van der Waals surface area contributed by atoms with Crippen LogP contribution in [0.2, 0.25) is 10.0 Å². The molecular weight excluding hydrogens is 431 g/mol. The maximum atomic E-state index is 6.48. The Labute approximate surface area is 170 Å². The Morgan fingerprint density at radius 1 is 0.769 bits per heavy atom. The quantitative estimate of drug-likeness (QED) is 0.349. The van der Waals surface area contributed by atoms with Crippen LogP contribution in [0.1, 0.15) is 0 Å². The molecule has 0 aliphatic rings. The first-order valence-corrected chi connectivity index (χ1v) is 9.54. The molecule has 0 amide bonds. The van der Waals surface area contributed by atoms with Gasteiger partial charge in [-0.2, -0.15) is 0 Å². The summed E-state index contributed by atoms with van der Waals surface area (Å²) in [5.74, 6) is 0.780. The zero-order valence-electron chi connectivity index (χ0n) is 13.5. The first kappa shape index (κ1) is 17.3. The lowest BCUT2D eigenvalue weighted by Crippen LogP contribution is -1.85. The molecule has 1 aromatic heterocycles. The van der Waals surface area contributed by atoms with Gasteiger partial charge in [-0.25, -0.2) is 4.98 Å². The predicted octanol–water partition coefficient (Wildman–Crippen LogP) is 7.48. The van der Waals surface area contributed by atoms with Crippen LogP contribution in [0.3, 0.4) is 0 Å². The van der Waals surface area contributed by atoms with Crippen LogP contribution in [0.4, 0.5) is 0 Å². The number of H-pyrrole nitrogens is 1. The van der Waals surface area contributed by atoms with Crippen LogP contribution >= 0.6 is 39.1 Å². The molecule has 0 atom stereocenters. The number of hydrogen-bond acceptors (Lipinski definition) is 1. The van der Waals surface area contributed by atoms with Crippen LogP contribution in [-0.2, 0) is 0 Å². The van der Waals surface area contributed by atoms with Crippen molar-refractivity contribution in [3.8, 4) is 33.9 Å². The molecule has 0 saturated carbocycles. The van der Waals surface area contributed by atoms with E-state index in [4.69, 9.17) is 28.2 Å². The van der Waals surface area contributed by atoms with E-state index in [2.05, 4.69) is 20.9 Å². The van der Waals surface area contributed by atoms with Gasteiger partial charge in [0.1, 0.15) is 5.82 Å². The van der Waals surface area contributed by atoms with Gasteiger partial charge in [-0.15, -0.1) is 0 Å². The Hall–Kier alpha value is -2.07. The van der Waals surface area contributed by atoms with Crippen LogP contribution in [0.25, 0.3) is 33.9 Å². The van der Waals surface area contributed by atoms with Crippen LogP contribution in [0.5, 0.6) is 0 Å². The molecule has 0 unspecified atom stereocenters. The standard InChI is InChI=1S/C21H13BrCl2N2/c22-15-11-9-14(10-12-15)21-25-19(13-5-2-1-3-6-13)20(26-21)16-7-4-8-17(23)18(16)24/h1-12H,(H,25,26). The number of rotatable bonds is 3. The van der Waals surface area contributed by atoms with Crippen molar-refractivity contribution in [3.63, 3.8) is 0 Å². The Morgan fingerprint density at radius 2 is 1.50 bits per heavy atom. The SMILES string of the molecule is Clc1cccc(-c2[nH]c(-c3ccc(Br)cc3)nc2-c2ccccc2)c1Cl. The average molecular weight is 444 g/mol. The summed E-state index contributed by atoms with van der Waals surface area (Å²) in [5.41, 5.74) is 4.52. The number of nitrogens with one attached hydrogen (secondary N) is 1. The summed E-state index contributed by atoms with van der Waals surface area (Å²) in [6, 6.07) is 23.7. The molecule has 0 bridgehead atoms. The molecule has 128 valence electrons. The molecule has 0 aliphatic carbocycles. The van der Waals surface area contributed by atoms with Crippen molar-refractivity contribution in [1.82, 2.24) is 9.97 Å². The van der Waals surface area contributed by atoms with E-state index >= 15 is 0 Å². The van der Waals surface area contributed by atoms with E-state index in [1.165, 1.54) is 0 Å². The monoisotopic (exact) mass is 442 g/mol. The average Bonchev–Trinajstić information content (AvgIpc) is 3.10. The van der Waals surface area contributed by atoms with Gasteiger partial charge in [0.15, 0.2) is 0 Å². The second-order valence-corrected chi connectivity index (χ2v) is 7.48. The van der Waals surface area contributed by atoms with Crippen LogP contribution < -0.4 is 0 Å². The number of benzene rings is 3. The Bertz CT molecular complexity index is 1060. The van der Waals surface area contributed by atoms with Crippen molar-refractivity contribution >= 4 is 39.1 Å². The van der Waals surface area contributed by atoms with E-state index in [9.17, 15) is 0 Å². The van der Waals surface area contributed by atoms with E-state index in [0.29, 0.717) is 10.0 Å². The molecule has 0 aliphatic heterocycles. The van der Waals surface area contributed by atoms with Gasteiger partial charge in [0.05, 0.1) is 21.4 Å². The molecule has 1 heterocycles. The molecule has 26 heavy (non-hydrogen) atoms. The number of halogens is 3. The van der Waals surface area contributed by atoms with Crippen molar-refractivity contribution in [2.75, 3.05) is 0 Å². The lowest BCUT2D eigenvalue weighted by Gasteiger charge is -2.06. The Kier molecular flexibility index (Phi) is 4.86. The number of aromatic nitrogens is 2. The van der Waals surface area contributed by atoms with Crippen molar-refractivity contribution in [2.24, 2.45) is 0 Å². The molecule has 0 fully saturated rings. The predicted molar refractivity (Wildman–Crippen MR) is 113 cm³/mol. The third-order valence-corrected chi connectivity index (χ3v) is 5.44. The summed E-state index contributed by atoms with van der Waals surface area (Å²) in [7, 11) is 0. The summed E-state index contributed by atoms with van der Waals surface area (Å²) in [5, 5.41) is 1.03. The van der Waals surface area contributed by atoms with E-state index in [1.54, 1.807) is 6.07 Å². The molecule has 0 saturated heterocycles. The van der Waals surface area contributed by atoms with Crippen LogP contribution in [0.15, 0.2) is 77.3 Å². The lowest BCUT2D eigenvalue weighted by molar-refractivity contribution is 1.31. The Morgan fingerprint density at radius 3 is 2.23 bits per heavy atom. The highest BCUT2D eigenvalue weighted by Crippen LogP contribution is 2.39. The van der Waals surface area contributed by atoms with Gasteiger partial charge >= 0.3 is 0 Å². The minimum Gasteiger partial charge on any atom is -0.337 e. The van der Waals surface area contributed by atoms with Crippen LogP contribution in [-0.4, -0.2) is 9.97 Å². The number of aromatic amines is 1. The largest absolute Gasteiger partial charge is 0.337 e. The number of hydrogen-bond donors (Lipinski definition) is 1. The molecule has 0 radical (unpaired) electrons. The normalized spacial score (nSPS) is 10.9. The smallest absolute Gasteiger partial charge is 0.138 e. The highest BCUT2D eigenvalue weighted by Gasteiger charge is 2.18. The first-order chi connectivity index (χ1) is 12.6. The van der Waals surface area contributed by atoms with E-state index < -0.39 is 0 Å². The van der Waals surface area contributed by atoms with E-state index in [-0.39, 0.29) is 0 Å². The van der Waals surface area contributed by atoms with Crippen LogP contribution in [0, 0.1) is 0 Å². The highest BCUT2D eigenvalue weighted by molar-refractivity contribution is 9.10. The molecule has 5 heteroatoms. The first-order valence-electron chi connectivity index (χ1n) is 7.99. The summed E-state index contributed by atoms with van der Waals surface area (Å²) in [6.45, 7) is 0. The maximum Gasteiger partial charge on any atom is 0.138 e. The van der Waals surface area contributed by atoms with Gasteiger partial charge in [-0.05, 0) is 18.2 Å². The summed E-state index contributed by atoms with van der Waals surface area (Å²) >= 11 is 16.2. The van der Waals surface area contributed by atoms with Gasteiger partial charge < -0.3 is 4.98 Å². The fourth-order valence-corrected chi connectivity index (χ4v) is 3.47. The fraction of sp³-hybridized carbons (Fsp3) is 0. The maximum absolute atomic E-state index is 6.48. The topological polar surface area (TPSA) is 28.7 Å². The molecular formula is C21H13BrCl2N2. The molecule has 4 rings (SSSR count). The van der Waals surface area contributed by atoms with E-state index in [1.807, 2.05) is 66.7 Å². The van der Waals surface area contributed by atoms with Gasteiger partial charge in [0.2, 0.25) is 0 Å². The second-order valence-electron chi connectivity index (χ2n) is 5.78. The van der Waals surface area contributed by atoms with E-state index in [0.717, 1.165) is 38.4 Å². The summed E-state index contributed by atoms with van der Waals surface area (Å²) < 4.78 is 1.02. The molecule has 3 aromatic carbocycles. The minimum absolute atomic E-state index is 0.511. The lowest BCUT2D eigenvalue weighted by atomic mass is 10.1. The Balaban J connectivity index is 1.94.